The lowest BCUT2D eigenvalue weighted by Crippen LogP contribution is -2.24. The van der Waals surface area contributed by atoms with E-state index in [-0.39, 0.29) is 22.2 Å². The van der Waals surface area contributed by atoms with E-state index in [0.717, 1.165) is 41.4 Å². The zero-order chi connectivity index (χ0) is 24.3. The fraction of sp³-hybridized carbons (Fsp3) is 0.240. The summed E-state index contributed by atoms with van der Waals surface area (Å²) in [6.45, 7) is 0.0890. The summed E-state index contributed by atoms with van der Waals surface area (Å²) in [6, 6.07) is 8.27. The summed E-state index contributed by atoms with van der Waals surface area (Å²) in [4.78, 5) is 23.0. The molecule has 0 spiro atoms. The Bertz CT molecular complexity index is 1640. The number of thiophene rings is 1. The van der Waals surface area contributed by atoms with E-state index in [4.69, 9.17) is 14.1 Å². The van der Waals surface area contributed by atoms with Crippen molar-refractivity contribution >= 4 is 31.6 Å². The maximum atomic E-state index is 13.9. The molecule has 0 aliphatic heterocycles. The van der Waals surface area contributed by atoms with Gasteiger partial charge in [0, 0.05) is 10.9 Å². The molecule has 1 N–H and O–H groups in total. The predicted molar refractivity (Wildman–Crippen MR) is 128 cm³/mol. The number of rotatable bonds is 6. The molecule has 2 aromatic carbocycles. The van der Waals surface area contributed by atoms with E-state index in [1.807, 2.05) is 18.2 Å². The molecule has 1 aliphatic rings. The lowest BCUT2D eigenvalue weighted by molar-refractivity contribution is 0.148. The molecule has 0 amide bonds. The number of hydrogen-bond acceptors (Lipinski definition) is 7. The Kier molecular flexibility index (Phi) is 5.06. The summed E-state index contributed by atoms with van der Waals surface area (Å²) < 4.78 is 39.3. The number of nitrogens with zero attached hydrogens (tertiary/aromatic N) is 3. The number of phenolic OH excluding ortho intramolecular Hbond substituents is 1. The maximum Gasteiger partial charge on any atom is 0.267 e. The topological polar surface area (TPSA) is 90.4 Å². The van der Waals surface area contributed by atoms with E-state index < -0.39 is 17.7 Å². The number of methoxy groups -OCH3 is 1. The normalized spacial score (nSPS) is 13.8. The van der Waals surface area contributed by atoms with Crippen LogP contribution >= 0.6 is 11.3 Å². The zero-order valence-corrected chi connectivity index (χ0v) is 19.3. The number of ether oxygens (including phenoxy) is 1. The standard InChI is InChI=1S/C25H19F2N3O4S/c1-33-13-4-5-15(18(8-13)12-2-3-12)23-29-24-19(25(32)30(23)10-14-9-28-11-34-14)16-6-7-17(22(26)27)20(31)21(16)35-24/h4-9,11-12,22,31H,2-3,10H2,1H3. The van der Waals surface area contributed by atoms with Crippen molar-refractivity contribution in [2.24, 2.45) is 0 Å². The number of alkyl halides is 2. The molecular weight excluding hydrogens is 476 g/mol. The van der Waals surface area contributed by atoms with Crippen molar-refractivity contribution < 1.29 is 23.0 Å². The van der Waals surface area contributed by atoms with Gasteiger partial charge in [-0.15, -0.1) is 11.3 Å². The second-order valence-corrected chi connectivity index (χ2v) is 9.48. The fourth-order valence-electron chi connectivity index (χ4n) is 4.43. The van der Waals surface area contributed by atoms with Gasteiger partial charge >= 0.3 is 0 Å². The van der Waals surface area contributed by atoms with Gasteiger partial charge in [0.25, 0.3) is 12.0 Å². The predicted octanol–water partition coefficient (Wildman–Crippen LogP) is 5.84. The molecule has 0 bridgehead atoms. The van der Waals surface area contributed by atoms with E-state index in [9.17, 15) is 18.7 Å². The number of phenols is 1. The van der Waals surface area contributed by atoms with Crippen molar-refractivity contribution in [2.45, 2.75) is 31.7 Å². The molecule has 1 saturated carbocycles. The Balaban J connectivity index is 1.66. The van der Waals surface area contributed by atoms with Crippen LogP contribution in [0.3, 0.4) is 0 Å². The van der Waals surface area contributed by atoms with Crippen molar-refractivity contribution in [3.63, 3.8) is 0 Å². The summed E-state index contributed by atoms with van der Waals surface area (Å²) >= 11 is 1.03. The second-order valence-electron chi connectivity index (χ2n) is 8.48. The molecular formula is C25H19F2N3O4S. The average molecular weight is 496 g/mol. The molecule has 178 valence electrons. The van der Waals surface area contributed by atoms with Gasteiger partial charge in [-0.05, 0) is 48.6 Å². The van der Waals surface area contributed by atoms with Crippen molar-refractivity contribution in [3.8, 4) is 22.9 Å². The fourth-order valence-corrected chi connectivity index (χ4v) is 5.55. The highest BCUT2D eigenvalue weighted by Gasteiger charge is 2.29. The van der Waals surface area contributed by atoms with Gasteiger partial charge in [0.15, 0.2) is 6.39 Å². The largest absolute Gasteiger partial charge is 0.506 e. The number of benzene rings is 2. The Morgan fingerprint density at radius 1 is 1.29 bits per heavy atom. The number of hydrogen-bond donors (Lipinski definition) is 1. The van der Waals surface area contributed by atoms with Crippen LogP contribution < -0.4 is 10.3 Å². The van der Waals surface area contributed by atoms with Crippen molar-refractivity contribution in [2.75, 3.05) is 7.11 Å². The molecule has 35 heavy (non-hydrogen) atoms. The zero-order valence-electron chi connectivity index (χ0n) is 18.5. The highest BCUT2D eigenvalue weighted by molar-refractivity contribution is 7.25. The number of oxazole rings is 1. The van der Waals surface area contributed by atoms with E-state index in [1.165, 1.54) is 23.2 Å². The number of fused-ring (bicyclic) bond motifs is 3. The smallest absolute Gasteiger partial charge is 0.267 e. The van der Waals surface area contributed by atoms with E-state index in [1.54, 1.807) is 7.11 Å². The van der Waals surface area contributed by atoms with Crippen molar-refractivity contribution in [3.05, 3.63) is 70.2 Å². The highest BCUT2D eigenvalue weighted by atomic mass is 32.1. The maximum absolute atomic E-state index is 13.9. The van der Waals surface area contributed by atoms with E-state index in [2.05, 4.69) is 4.98 Å². The Morgan fingerprint density at radius 3 is 2.80 bits per heavy atom. The molecule has 0 atom stereocenters. The monoisotopic (exact) mass is 495 g/mol. The van der Waals surface area contributed by atoms with Gasteiger partial charge < -0.3 is 14.3 Å². The van der Waals surface area contributed by atoms with E-state index >= 15 is 0 Å². The van der Waals surface area contributed by atoms with Gasteiger partial charge in [-0.1, -0.05) is 6.07 Å². The van der Waals surface area contributed by atoms with Gasteiger partial charge in [0.1, 0.15) is 27.9 Å². The van der Waals surface area contributed by atoms with Crippen LogP contribution in [0.5, 0.6) is 11.5 Å². The molecule has 0 saturated heterocycles. The van der Waals surface area contributed by atoms with Gasteiger partial charge in [0.05, 0.1) is 35.5 Å². The van der Waals surface area contributed by atoms with Crippen LogP contribution in [0.2, 0.25) is 0 Å². The highest BCUT2D eigenvalue weighted by Crippen LogP contribution is 2.46. The van der Waals surface area contributed by atoms with Gasteiger partial charge in [-0.3, -0.25) is 9.36 Å². The number of aromatic hydroxyl groups is 1. The van der Waals surface area contributed by atoms with Crippen molar-refractivity contribution in [1.82, 2.24) is 14.5 Å². The summed E-state index contributed by atoms with van der Waals surface area (Å²) in [5.74, 6) is 1.44. The molecule has 0 radical (unpaired) electrons. The lowest BCUT2D eigenvalue weighted by atomic mass is 10.0. The summed E-state index contributed by atoms with van der Waals surface area (Å²) in [7, 11) is 1.60. The first-order valence-electron chi connectivity index (χ1n) is 11.0. The third-order valence-corrected chi connectivity index (χ3v) is 7.42. The minimum Gasteiger partial charge on any atom is -0.506 e. The average Bonchev–Trinajstić information content (AvgIpc) is 3.43. The molecule has 1 fully saturated rings. The molecule has 7 nitrogen and oxygen atoms in total. The van der Waals surface area contributed by atoms with Crippen LogP contribution in [0.15, 0.2) is 52.1 Å². The van der Waals surface area contributed by atoms with Crippen LogP contribution in [0.1, 0.15) is 42.1 Å². The molecule has 5 aromatic rings. The minimum absolute atomic E-state index is 0.0890. The van der Waals surface area contributed by atoms with Crippen LogP contribution in [0.25, 0.3) is 31.7 Å². The molecule has 0 unspecified atom stereocenters. The van der Waals surface area contributed by atoms with Crippen molar-refractivity contribution in [1.29, 1.82) is 0 Å². The van der Waals surface area contributed by atoms with Crippen LogP contribution in [-0.2, 0) is 6.54 Å². The molecule has 3 heterocycles. The van der Waals surface area contributed by atoms with Gasteiger partial charge in [-0.25, -0.2) is 18.7 Å². The first-order valence-corrected chi connectivity index (χ1v) is 11.8. The Labute approximate surface area is 201 Å². The minimum atomic E-state index is -2.84. The summed E-state index contributed by atoms with van der Waals surface area (Å²) in [5.41, 5.74) is 1.000. The van der Waals surface area contributed by atoms with Crippen LogP contribution in [0, 0.1) is 0 Å². The first kappa shape index (κ1) is 21.7. The third kappa shape index (κ3) is 3.56. The summed E-state index contributed by atoms with van der Waals surface area (Å²) in [5, 5.41) is 11.2. The molecule has 6 rings (SSSR count). The quantitative estimate of drug-likeness (QED) is 0.318. The molecule has 10 heteroatoms. The Morgan fingerprint density at radius 2 is 2.11 bits per heavy atom. The third-order valence-electron chi connectivity index (χ3n) is 6.32. The lowest BCUT2D eigenvalue weighted by Gasteiger charge is -2.15. The molecule has 1 aliphatic carbocycles. The number of halogens is 2. The molecule has 3 aromatic heterocycles. The van der Waals surface area contributed by atoms with Crippen LogP contribution in [-0.4, -0.2) is 26.8 Å². The van der Waals surface area contributed by atoms with Gasteiger partial charge in [-0.2, -0.15) is 0 Å². The Hall–Kier alpha value is -3.79. The SMILES string of the molecule is COc1ccc(-c2nc3sc4c(O)c(C(F)F)ccc4c3c(=O)n2Cc2cnco2)c(C2CC2)c1. The van der Waals surface area contributed by atoms with Gasteiger partial charge in [0.2, 0.25) is 0 Å². The number of aromatic nitrogens is 3. The second kappa shape index (κ2) is 8.16. The van der Waals surface area contributed by atoms with Crippen LogP contribution in [0.4, 0.5) is 8.78 Å². The summed E-state index contributed by atoms with van der Waals surface area (Å²) in [6.07, 6.45) is 2.04. The first-order chi connectivity index (χ1) is 17.0. The van der Waals surface area contributed by atoms with E-state index in [0.29, 0.717) is 33.5 Å².